The maximum Gasteiger partial charge on any atom is 0.336 e. The Morgan fingerprint density at radius 1 is 0.667 bits per heavy atom. The Morgan fingerprint density at radius 3 is 1.71 bits per heavy atom. The molecule has 0 aromatic heterocycles. The maximum absolute atomic E-state index is 13.6. The minimum atomic E-state index is -1.09. The largest absolute Gasteiger partial charge is 0.478 e. The van der Waals surface area contributed by atoms with Crippen molar-refractivity contribution in [2.24, 2.45) is 0 Å². The zero-order chi connectivity index (χ0) is 29.2. The van der Waals surface area contributed by atoms with Gasteiger partial charge < -0.3 is 20.0 Å². The highest BCUT2D eigenvalue weighted by Crippen LogP contribution is 2.42. The molecule has 0 atom stereocenters. The van der Waals surface area contributed by atoms with Crippen LogP contribution in [0, 0.1) is 0 Å². The third kappa shape index (κ3) is 9.03. The first-order valence-corrected chi connectivity index (χ1v) is 15.1. The normalized spacial score (nSPS) is 11.7. The van der Waals surface area contributed by atoms with Crippen LogP contribution in [0.3, 0.4) is 0 Å². The third-order valence-electron chi connectivity index (χ3n) is 8.37. The summed E-state index contributed by atoms with van der Waals surface area (Å²) in [6.45, 7) is 14.8. The highest BCUT2D eigenvalue weighted by atomic mass is 35.5. The number of hydrogen-bond acceptors (Lipinski definition) is 5. The second-order valence-electron chi connectivity index (χ2n) is 10.7. The molecule has 2 aromatic rings. The summed E-state index contributed by atoms with van der Waals surface area (Å²) in [5.41, 5.74) is 3.97. The Hall–Kier alpha value is -2.45. The SMILES string of the molecule is CCN(CC)CCCCCc1cc2c(c(CCCCCN(CC)CC)c1C(=O)O)C(=O)c1cc(C(=O)O)ccc1-2.Cl.Cl. The molecule has 0 saturated heterocycles. The number of ketones is 1. The number of fused-ring (bicyclic) bond motifs is 3. The second kappa shape index (κ2) is 18.3. The smallest absolute Gasteiger partial charge is 0.336 e. The average molecular weight is 624 g/mol. The van der Waals surface area contributed by atoms with Crippen LogP contribution >= 0.6 is 24.8 Å². The van der Waals surface area contributed by atoms with E-state index in [9.17, 15) is 24.6 Å². The molecule has 0 heterocycles. The standard InChI is InChI=1S/C33H46N2O5.2ClH/c1-5-34(6-2)19-13-9-11-15-23-21-27-25-18-17-24(32(37)38)22-28(25)31(36)30(27)26(29(23)33(39)40)16-12-10-14-20-35(7-3)8-4;;/h17-18,21-22H,5-16,19-20H2,1-4H3,(H,37,38)(H,39,40);2*1H. The van der Waals surface area contributed by atoms with Gasteiger partial charge in [0.1, 0.15) is 0 Å². The van der Waals surface area contributed by atoms with E-state index in [1.165, 1.54) is 12.1 Å². The van der Waals surface area contributed by atoms with E-state index in [2.05, 4.69) is 37.5 Å². The lowest BCUT2D eigenvalue weighted by Gasteiger charge is -2.19. The quantitative estimate of drug-likeness (QED) is 0.144. The summed E-state index contributed by atoms with van der Waals surface area (Å²) < 4.78 is 0. The zero-order valence-corrected chi connectivity index (χ0v) is 27.2. The molecule has 0 unspecified atom stereocenters. The van der Waals surface area contributed by atoms with Crippen molar-refractivity contribution in [3.63, 3.8) is 0 Å². The first kappa shape index (κ1) is 37.6. The van der Waals surface area contributed by atoms with E-state index in [1.54, 1.807) is 6.07 Å². The van der Waals surface area contributed by atoms with Gasteiger partial charge in [0.25, 0.3) is 0 Å². The predicted molar refractivity (Wildman–Crippen MR) is 174 cm³/mol. The van der Waals surface area contributed by atoms with Crippen LogP contribution in [0.1, 0.15) is 114 Å². The first-order chi connectivity index (χ1) is 19.3. The highest BCUT2D eigenvalue weighted by Gasteiger charge is 2.34. The monoisotopic (exact) mass is 622 g/mol. The van der Waals surface area contributed by atoms with Crippen LogP contribution in [0.15, 0.2) is 24.3 Å². The molecule has 3 rings (SSSR count). The van der Waals surface area contributed by atoms with Gasteiger partial charge in [-0.2, -0.15) is 0 Å². The molecule has 0 spiro atoms. The van der Waals surface area contributed by atoms with Crippen LogP contribution in [0.2, 0.25) is 0 Å². The third-order valence-corrected chi connectivity index (χ3v) is 8.37. The summed E-state index contributed by atoms with van der Waals surface area (Å²) in [6.07, 6.45) is 6.87. The molecule has 0 radical (unpaired) electrons. The maximum atomic E-state index is 13.6. The molecule has 1 aliphatic carbocycles. The number of halogens is 2. The van der Waals surface area contributed by atoms with Gasteiger partial charge in [-0.3, -0.25) is 4.79 Å². The topological polar surface area (TPSA) is 98.2 Å². The van der Waals surface area contributed by atoms with Crippen LogP contribution < -0.4 is 0 Å². The first-order valence-electron chi connectivity index (χ1n) is 15.1. The van der Waals surface area contributed by atoms with Gasteiger partial charge in [0.05, 0.1) is 11.1 Å². The molecule has 2 N–H and O–H groups in total. The lowest BCUT2D eigenvalue weighted by molar-refractivity contribution is 0.0684. The lowest BCUT2D eigenvalue weighted by atomic mass is 9.86. The van der Waals surface area contributed by atoms with Crippen molar-refractivity contribution in [2.75, 3.05) is 39.3 Å². The van der Waals surface area contributed by atoms with Crippen molar-refractivity contribution in [3.05, 3.63) is 57.6 Å². The fraction of sp³-hybridized carbons (Fsp3) is 0.545. The van der Waals surface area contributed by atoms with Gasteiger partial charge in [-0.15, -0.1) is 24.8 Å². The van der Waals surface area contributed by atoms with Gasteiger partial charge in [-0.05, 0) is 118 Å². The van der Waals surface area contributed by atoms with Gasteiger partial charge in [0.2, 0.25) is 0 Å². The van der Waals surface area contributed by atoms with E-state index in [0.29, 0.717) is 35.1 Å². The number of carboxylic acids is 2. The summed E-state index contributed by atoms with van der Waals surface area (Å²) in [4.78, 5) is 42.7. The molecule has 1 aliphatic rings. The van der Waals surface area contributed by atoms with Crippen molar-refractivity contribution < 1.29 is 24.6 Å². The van der Waals surface area contributed by atoms with E-state index in [0.717, 1.165) is 88.9 Å². The molecule has 0 saturated carbocycles. The lowest BCUT2D eigenvalue weighted by Crippen LogP contribution is -2.23. The number of nitrogens with zero attached hydrogens (tertiary/aromatic N) is 2. The minimum absolute atomic E-state index is 0. The van der Waals surface area contributed by atoms with Gasteiger partial charge >= 0.3 is 11.9 Å². The van der Waals surface area contributed by atoms with Crippen molar-refractivity contribution >= 4 is 42.5 Å². The van der Waals surface area contributed by atoms with E-state index < -0.39 is 11.9 Å². The number of unbranched alkanes of at least 4 members (excludes halogenated alkanes) is 4. The van der Waals surface area contributed by atoms with Gasteiger partial charge in [0.15, 0.2) is 5.78 Å². The Labute approximate surface area is 263 Å². The van der Waals surface area contributed by atoms with Gasteiger partial charge in [-0.25, -0.2) is 9.59 Å². The van der Waals surface area contributed by atoms with Crippen molar-refractivity contribution in [3.8, 4) is 11.1 Å². The Morgan fingerprint density at radius 2 is 1.21 bits per heavy atom. The van der Waals surface area contributed by atoms with E-state index in [1.807, 2.05) is 6.07 Å². The van der Waals surface area contributed by atoms with Crippen LogP contribution in [0.4, 0.5) is 0 Å². The number of hydrogen-bond donors (Lipinski definition) is 2. The Kier molecular flexibility index (Phi) is 16.3. The fourth-order valence-electron chi connectivity index (χ4n) is 5.94. The number of carboxylic acid groups (broad SMARTS) is 2. The molecule has 0 amide bonds. The molecule has 2 aromatic carbocycles. The van der Waals surface area contributed by atoms with E-state index in [4.69, 9.17) is 0 Å². The molecule has 0 aliphatic heterocycles. The number of aromatic carboxylic acids is 2. The number of aryl methyl sites for hydroxylation is 1. The zero-order valence-electron chi connectivity index (χ0n) is 25.5. The van der Waals surface area contributed by atoms with Crippen molar-refractivity contribution in [1.82, 2.24) is 9.80 Å². The summed E-state index contributed by atoms with van der Waals surface area (Å²) in [5, 5.41) is 19.9. The predicted octanol–water partition coefficient (Wildman–Crippen LogP) is 7.25. The highest BCUT2D eigenvalue weighted by molar-refractivity contribution is 6.24. The van der Waals surface area contributed by atoms with E-state index in [-0.39, 0.29) is 41.7 Å². The summed E-state index contributed by atoms with van der Waals surface area (Å²) in [6, 6.07) is 6.54. The van der Waals surface area contributed by atoms with Crippen LogP contribution in [0.25, 0.3) is 11.1 Å². The average Bonchev–Trinajstić information content (AvgIpc) is 3.23. The minimum Gasteiger partial charge on any atom is -0.478 e. The molecule has 0 bridgehead atoms. The number of carbonyl (C=O) groups excluding carboxylic acids is 1. The van der Waals surface area contributed by atoms with Crippen molar-refractivity contribution in [2.45, 2.75) is 79.1 Å². The van der Waals surface area contributed by atoms with Gasteiger partial charge in [0, 0.05) is 11.1 Å². The fourth-order valence-corrected chi connectivity index (χ4v) is 5.94. The van der Waals surface area contributed by atoms with Crippen molar-refractivity contribution in [1.29, 1.82) is 0 Å². The molecular formula is C33H48Cl2N2O5. The summed E-state index contributed by atoms with van der Waals surface area (Å²) >= 11 is 0. The molecule has 234 valence electrons. The number of rotatable bonds is 18. The van der Waals surface area contributed by atoms with Crippen LogP contribution in [0.5, 0.6) is 0 Å². The second-order valence-corrected chi connectivity index (χ2v) is 10.7. The van der Waals surface area contributed by atoms with Gasteiger partial charge in [-0.1, -0.05) is 46.6 Å². The number of benzene rings is 2. The molecular weight excluding hydrogens is 575 g/mol. The molecule has 9 heteroatoms. The van der Waals surface area contributed by atoms with Crippen LogP contribution in [-0.2, 0) is 12.8 Å². The number of carbonyl (C=O) groups is 3. The molecule has 42 heavy (non-hydrogen) atoms. The Bertz CT molecular complexity index is 1210. The molecule has 7 nitrogen and oxygen atoms in total. The van der Waals surface area contributed by atoms with Crippen LogP contribution in [-0.4, -0.2) is 77.0 Å². The summed E-state index contributed by atoms with van der Waals surface area (Å²) in [7, 11) is 0. The van der Waals surface area contributed by atoms with E-state index >= 15 is 0 Å². The summed E-state index contributed by atoms with van der Waals surface area (Å²) in [5.74, 6) is -2.34. The molecule has 0 fully saturated rings. The Balaban J connectivity index is 0.00000441.